The van der Waals surface area contributed by atoms with Crippen molar-refractivity contribution in [2.75, 3.05) is 19.8 Å². The number of ether oxygens (including phenoxy) is 3. The lowest BCUT2D eigenvalue weighted by Crippen LogP contribution is -2.38. The van der Waals surface area contributed by atoms with Gasteiger partial charge in [-0.25, -0.2) is 0 Å². The van der Waals surface area contributed by atoms with Gasteiger partial charge in [0.25, 0.3) is 0 Å². The van der Waals surface area contributed by atoms with Crippen LogP contribution in [0.5, 0.6) is 0 Å². The highest BCUT2D eigenvalue weighted by molar-refractivity contribution is 5.66. The summed E-state index contributed by atoms with van der Waals surface area (Å²) in [6, 6.07) is 0. The highest BCUT2D eigenvalue weighted by Gasteiger charge is 2.29. The minimum absolute atomic E-state index is 0.221. The van der Waals surface area contributed by atoms with Crippen LogP contribution in [0.1, 0.15) is 40.5 Å². The molecule has 0 aromatic rings. The Hall–Kier alpha value is -1.10. The second kappa shape index (κ2) is 8.06. The second-order valence-electron chi connectivity index (χ2n) is 3.88. The van der Waals surface area contributed by atoms with Crippen LogP contribution < -0.4 is 0 Å². The molecule has 100 valence electrons. The SMILES string of the molecule is CCC(CC)(COCCOC(C)=O)OC(C)=O. The van der Waals surface area contributed by atoms with Crippen molar-refractivity contribution in [2.24, 2.45) is 0 Å². The van der Waals surface area contributed by atoms with Gasteiger partial charge in [0.1, 0.15) is 12.2 Å². The molecule has 0 aromatic heterocycles. The van der Waals surface area contributed by atoms with Crippen molar-refractivity contribution < 1.29 is 23.8 Å². The van der Waals surface area contributed by atoms with Crippen LogP contribution in [-0.4, -0.2) is 37.4 Å². The van der Waals surface area contributed by atoms with Gasteiger partial charge in [-0.3, -0.25) is 9.59 Å². The van der Waals surface area contributed by atoms with Gasteiger partial charge in [-0.1, -0.05) is 13.8 Å². The van der Waals surface area contributed by atoms with E-state index in [0.29, 0.717) is 26.1 Å². The summed E-state index contributed by atoms with van der Waals surface area (Å²) in [6.07, 6.45) is 1.38. The monoisotopic (exact) mass is 246 g/mol. The molecule has 0 heterocycles. The summed E-state index contributed by atoms with van der Waals surface area (Å²) in [6.45, 7) is 7.48. The van der Waals surface area contributed by atoms with Gasteiger partial charge in [0.05, 0.1) is 13.2 Å². The van der Waals surface area contributed by atoms with E-state index in [1.807, 2.05) is 13.8 Å². The van der Waals surface area contributed by atoms with Crippen LogP contribution in [0.25, 0.3) is 0 Å². The fourth-order valence-electron chi connectivity index (χ4n) is 1.44. The first-order valence-electron chi connectivity index (χ1n) is 5.86. The predicted octanol–water partition coefficient (Wildman–Crippen LogP) is 1.69. The summed E-state index contributed by atoms with van der Waals surface area (Å²) in [7, 11) is 0. The Labute approximate surface area is 102 Å². The molecule has 0 aromatic carbocycles. The van der Waals surface area contributed by atoms with E-state index in [2.05, 4.69) is 0 Å². The number of hydrogen-bond acceptors (Lipinski definition) is 5. The molecule has 0 bridgehead atoms. The third-order valence-electron chi connectivity index (χ3n) is 2.55. The summed E-state index contributed by atoms with van der Waals surface area (Å²) in [5.74, 6) is -0.636. The zero-order valence-corrected chi connectivity index (χ0v) is 11.1. The van der Waals surface area contributed by atoms with Gasteiger partial charge in [0.2, 0.25) is 0 Å². The highest BCUT2D eigenvalue weighted by Crippen LogP contribution is 2.21. The topological polar surface area (TPSA) is 61.8 Å². The van der Waals surface area contributed by atoms with E-state index in [0.717, 1.165) is 0 Å². The minimum atomic E-state index is -0.567. The first kappa shape index (κ1) is 15.9. The fraction of sp³-hybridized carbons (Fsp3) is 0.833. The van der Waals surface area contributed by atoms with Crippen molar-refractivity contribution >= 4 is 11.9 Å². The van der Waals surface area contributed by atoms with E-state index in [4.69, 9.17) is 14.2 Å². The number of carbonyl (C=O) groups is 2. The molecule has 0 saturated carbocycles. The summed E-state index contributed by atoms with van der Waals surface area (Å²) in [4.78, 5) is 21.5. The first-order chi connectivity index (χ1) is 7.95. The summed E-state index contributed by atoms with van der Waals surface area (Å²) in [5, 5.41) is 0. The second-order valence-corrected chi connectivity index (χ2v) is 3.88. The average Bonchev–Trinajstić information content (AvgIpc) is 2.26. The van der Waals surface area contributed by atoms with E-state index in [9.17, 15) is 9.59 Å². The van der Waals surface area contributed by atoms with Crippen molar-refractivity contribution in [3.05, 3.63) is 0 Å². The summed E-state index contributed by atoms with van der Waals surface area (Å²) in [5.41, 5.74) is -0.567. The molecule has 17 heavy (non-hydrogen) atoms. The smallest absolute Gasteiger partial charge is 0.303 e. The Balaban J connectivity index is 4.00. The van der Waals surface area contributed by atoms with Gasteiger partial charge in [-0.2, -0.15) is 0 Å². The quantitative estimate of drug-likeness (QED) is 0.481. The minimum Gasteiger partial charge on any atom is -0.463 e. The van der Waals surface area contributed by atoms with Crippen LogP contribution in [0, 0.1) is 0 Å². The van der Waals surface area contributed by atoms with Crippen LogP contribution in [-0.2, 0) is 23.8 Å². The molecular weight excluding hydrogens is 224 g/mol. The van der Waals surface area contributed by atoms with Gasteiger partial charge in [-0.05, 0) is 12.8 Å². The van der Waals surface area contributed by atoms with Crippen LogP contribution in [0.3, 0.4) is 0 Å². The third-order valence-corrected chi connectivity index (χ3v) is 2.55. The van der Waals surface area contributed by atoms with Crippen LogP contribution in [0.15, 0.2) is 0 Å². The van der Waals surface area contributed by atoms with E-state index in [1.165, 1.54) is 13.8 Å². The maximum Gasteiger partial charge on any atom is 0.303 e. The standard InChI is InChI=1S/C12H22O5/c1-5-12(6-2,17-11(4)14)9-15-7-8-16-10(3)13/h5-9H2,1-4H3. The van der Waals surface area contributed by atoms with Crippen molar-refractivity contribution in [3.63, 3.8) is 0 Å². The number of carbonyl (C=O) groups excluding carboxylic acids is 2. The molecule has 0 saturated heterocycles. The lowest BCUT2D eigenvalue weighted by Gasteiger charge is -2.30. The van der Waals surface area contributed by atoms with Gasteiger partial charge >= 0.3 is 11.9 Å². The van der Waals surface area contributed by atoms with E-state index < -0.39 is 5.60 Å². The van der Waals surface area contributed by atoms with Gasteiger partial charge < -0.3 is 14.2 Å². The third kappa shape index (κ3) is 6.94. The zero-order valence-electron chi connectivity index (χ0n) is 11.1. The van der Waals surface area contributed by atoms with Crippen molar-refractivity contribution in [1.29, 1.82) is 0 Å². The maximum absolute atomic E-state index is 11.0. The lowest BCUT2D eigenvalue weighted by atomic mass is 9.98. The molecule has 0 amide bonds. The molecule has 0 aliphatic rings. The first-order valence-corrected chi connectivity index (χ1v) is 5.86. The molecule has 0 fully saturated rings. The Bertz CT molecular complexity index is 245. The van der Waals surface area contributed by atoms with E-state index in [1.54, 1.807) is 0 Å². The Kier molecular flexibility index (Phi) is 7.54. The molecular formula is C12H22O5. The maximum atomic E-state index is 11.0. The molecule has 5 nitrogen and oxygen atoms in total. The molecule has 0 N–H and O–H groups in total. The van der Waals surface area contributed by atoms with Gasteiger partial charge in [0, 0.05) is 13.8 Å². The van der Waals surface area contributed by atoms with Crippen molar-refractivity contribution in [1.82, 2.24) is 0 Å². The summed E-state index contributed by atoms with van der Waals surface area (Å²) >= 11 is 0. The number of hydrogen-bond donors (Lipinski definition) is 0. The Morgan fingerprint density at radius 3 is 2.00 bits per heavy atom. The Morgan fingerprint density at radius 2 is 1.59 bits per heavy atom. The molecule has 0 spiro atoms. The number of esters is 2. The van der Waals surface area contributed by atoms with Crippen LogP contribution in [0.4, 0.5) is 0 Å². The Morgan fingerprint density at radius 1 is 1.00 bits per heavy atom. The highest BCUT2D eigenvalue weighted by atomic mass is 16.6. The van der Waals surface area contributed by atoms with E-state index in [-0.39, 0.29) is 18.5 Å². The fourth-order valence-corrected chi connectivity index (χ4v) is 1.44. The van der Waals surface area contributed by atoms with Crippen molar-refractivity contribution in [2.45, 2.75) is 46.1 Å². The molecule has 0 aliphatic carbocycles. The van der Waals surface area contributed by atoms with Crippen LogP contribution in [0.2, 0.25) is 0 Å². The largest absolute Gasteiger partial charge is 0.463 e. The summed E-state index contributed by atoms with van der Waals surface area (Å²) < 4.78 is 15.4. The predicted molar refractivity (Wildman–Crippen MR) is 62.5 cm³/mol. The molecule has 0 aliphatic heterocycles. The lowest BCUT2D eigenvalue weighted by molar-refractivity contribution is -0.166. The zero-order chi connectivity index (χ0) is 13.3. The average molecular weight is 246 g/mol. The molecule has 0 unspecified atom stereocenters. The van der Waals surface area contributed by atoms with E-state index >= 15 is 0 Å². The normalized spacial score (nSPS) is 11.1. The van der Waals surface area contributed by atoms with Gasteiger partial charge in [-0.15, -0.1) is 0 Å². The van der Waals surface area contributed by atoms with Crippen molar-refractivity contribution in [3.8, 4) is 0 Å². The molecule has 0 radical (unpaired) electrons. The number of rotatable bonds is 8. The van der Waals surface area contributed by atoms with Crippen LogP contribution >= 0.6 is 0 Å². The molecule has 0 atom stereocenters. The molecule has 0 rings (SSSR count). The van der Waals surface area contributed by atoms with Gasteiger partial charge in [0.15, 0.2) is 0 Å². The molecule has 5 heteroatoms.